The van der Waals surface area contributed by atoms with Crippen LogP contribution >= 0.6 is 11.8 Å². The van der Waals surface area contributed by atoms with Crippen LogP contribution < -0.4 is 0 Å². The van der Waals surface area contributed by atoms with Crippen LogP contribution in [0.5, 0.6) is 0 Å². The minimum Gasteiger partial charge on any atom is -0.339 e. The smallest absolute Gasteiger partial charge is 0.253 e. The van der Waals surface area contributed by atoms with Gasteiger partial charge < -0.3 is 9.47 Å². The molecule has 23 heavy (non-hydrogen) atoms. The number of nitrogens with zero attached hydrogens (tertiary/aromatic N) is 4. The van der Waals surface area contributed by atoms with Crippen molar-refractivity contribution < 1.29 is 4.79 Å². The minimum absolute atomic E-state index is 0.162. The highest BCUT2D eigenvalue weighted by Gasteiger charge is 2.26. The van der Waals surface area contributed by atoms with Gasteiger partial charge in [0.1, 0.15) is 6.33 Å². The summed E-state index contributed by atoms with van der Waals surface area (Å²) in [4.78, 5) is 14.3. The molecule has 1 aromatic heterocycles. The third-order valence-corrected chi connectivity index (χ3v) is 5.47. The molecule has 0 unspecified atom stereocenters. The number of amides is 1. The molecule has 0 N–H and O–H groups in total. The van der Waals surface area contributed by atoms with Crippen LogP contribution in [0.15, 0.2) is 35.7 Å². The van der Waals surface area contributed by atoms with E-state index in [0.29, 0.717) is 6.04 Å². The average Bonchev–Trinajstić information content (AvgIpc) is 3.10. The lowest BCUT2D eigenvalue weighted by Crippen LogP contribution is -2.27. The van der Waals surface area contributed by atoms with Crippen LogP contribution in [0, 0.1) is 0 Å². The number of benzene rings is 1. The van der Waals surface area contributed by atoms with Gasteiger partial charge in [-0.2, -0.15) is 0 Å². The standard InChI is InChI=1S/C17H20N4OS/c22-16(20-9-1-2-10-20)14-5-3-13(4-6-14)11-23-17-19-18-12-21(17)15-7-8-15/h3-6,12,15H,1-2,7-11H2. The second-order valence-corrected chi connectivity index (χ2v) is 7.18. The minimum atomic E-state index is 0.162. The average molecular weight is 328 g/mol. The Morgan fingerprint density at radius 3 is 2.61 bits per heavy atom. The molecule has 1 amide bonds. The highest BCUT2D eigenvalue weighted by Crippen LogP contribution is 2.37. The van der Waals surface area contributed by atoms with Gasteiger partial charge in [0.25, 0.3) is 5.91 Å². The summed E-state index contributed by atoms with van der Waals surface area (Å²) in [5, 5.41) is 9.22. The van der Waals surface area contributed by atoms with Gasteiger partial charge in [-0.1, -0.05) is 23.9 Å². The van der Waals surface area contributed by atoms with Crippen LogP contribution in [0.1, 0.15) is 47.6 Å². The van der Waals surface area contributed by atoms with Crippen molar-refractivity contribution >= 4 is 17.7 Å². The summed E-state index contributed by atoms with van der Waals surface area (Å²) in [6, 6.07) is 8.60. The maximum absolute atomic E-state index is 12.3. The van der Waals surface area contributed by atoms with Gasteiger partial charge >= 0.3 is 0 Å². The Kier molecular flexibility index (Phi) is 4.08. The molecule has 1 aliphatic carbocycles. The molecule has 120 valence electrons. The lowest BCUT2D eigenvalue weighted by atomic mass is 10.1. The molecule has 2 heterocycles. The lowest BCUT2D eigenvalue weighted by Gasteiger charge is -2.15. The van der Waals surface area contributed by atoms with E-state index < -0.39 is 0 Å². The van der Waals surface area contributed by atoms with Gasteiger partial charge in [0.15, 0.2) is 5.16 Å². The van der Waals surface area contributed by atoms with Crippen molar-refractivity contribution in [2.24, 2.45) is 0 Å². The van der Waals surface area contributed by atoms with E-state index in [9.17, 15) is 4.79 Å². The maximum Gasteiger partial charge on any atom is 0.253 e. The molecule has 0 atom stereocenters. The maximum atomic E-state index is 12.3. The van der Waals surface area contributed by atoms with E-state index in [1.165, 1.54) is 18.4 Å². The normalized spacial score (nSPS) is 17.7. The Morgan fingerprint density at radius 1 is 1.17 bits per heavy atom. The Morgan fingerprint density at radius 2 is 1.91 bits per heavy atom. The summed E-state index contributed by atoms with van der Waals surface area (Å²) in [5.41, 5.74) is 2.00. The third kappa shape index (κ3) is 3.27. The van der Waals surface area contributed by atoms with Crippen LogP contribution in [0.3, 0.4) is 0 Å². The first-order valence-electron chi connectivity index (χ1n) is 8.22. The first-order valence-corrected chi connectivity index (χ1v) is 9.20. The molecule has 0 spiro atoms. The summed E-state index contributed by atoms with van der Waals surface area (Å²) < 4.78 is 2.18. The van der Waals surface area contributed by atoms with Gasteiger partial charge in [0.2, 0.25) is 0 Å². The van der Waals surface area contributed by atoms with Gasteiger partial charge in [0, 0.05) is 30.4 Å². The fourth-order valence-corrected chi connectivity index (χ4v) is 3.87. The number of thioether (sulfide) groups is 1. The molecule has 1 aliphatic heterocycles. The lowest BCUT2D eigenvalue weighted by molar-refractivity contribution is 0.0793. The van der Waals surface area contributed by atoms with E-state index in [1.807, 2.05) is 35.5 Å². The topological polar surface area (TPSA) is 51.0 Å². The molecule has 6 heteroatoms. The first-order chi connectivity index (χ1) is 11.3. The SMILES string of the molecule is O=C(c1ccc(CSc2nncn2C2CC2)cc1)N1CCCC1. The zero-order chi connectivity index (χ0) is 15.6. The molecular weight excluding hydrogens is 308 g/mol. The summed E-state index contributed by atoms with van der Waals surface area (Å²) in [5.74, 6) is 1.01. The predicted molar refractivity (Wildman–Crippen MR) is 89.4 cm³/mol. The first kappa shape index (κ1) is 14.8. The van der Waals surface area contributed by atoms with Crippen LogP contribution in [-0.2, 0) is 5.75 Å². The summed E-state index contributed by atoms with van der Waals surface area (Å²) in [6.45, 7) is 1.79. The van der Waals surface area contributed by atoms with Gasteiger partial charge in [-0.15, -0.1) is 10.2 Å². The van der Waals surface area contributed by atoms with E-state index in [1.54, 1.807) is 11.8 Å². The number of aromatic nitrogens is 3. The quantitative estimate of drug-likeness (QED) is 0.791. The fourth-order valence-electron chi connectivity index (χ4n) is 2.93. The van der Waals surface area contributed by atoms with Crippen molar-refractivity contribution in [3.8, 4) is 0 Å². The van der Waals surface area contributed by atoms with Crippen molar-refractivity contribution in [1.29, 1.82) is 0 Å². The zero-order valence-corrected chi connectivity index (χ0v) is 13.8. The van der Waals surface area contributed by atoms with Crippen molar-refractivity contribution in [2.45, 2.75) is 42.6 Å². The summed E-state index contributed by atoms with van der Waals surface area (Å²) in [7, 11) is 0. The molecule has 0 radical (unpaired) electrons. The largest absolute Gasteiger partial charge is 0.339 e. The highest BCUT2D eigenvalue weighted by molar-refractivity contribution is 7.98. The predicted octanol–water partition coefficient (Wildman–Crippen LogP) is 3.14. The number of carbonyl (C=O) groups is 1. The number of likely N-dealkylation sites (tertiary alicyclic amines) is 1. The molecular formula is C17H20N4OS. The molecule has 2 fully saturated rings. The Labute approximate surface area is 140 Å². The molecule has 1 saturated heterocycles. The molecule has 4 rings (SSSR count). The van der Waals surface area contributed by atoms with Crippen LogP contribution in [0.4, 0.5) is 0 Å². The van der Waals surface area contributed by atoms with E-state index in [4.69, 9.17) is 0 Å². The van der Waals surface area contributed by atoms with Crippen molar-refractivity contribution in [3.05, 3.63) is 41.7 Å². The number of hydrogen-bond donors (Lipinski definition) is 0. The van der Waals surface area contributed by atoms with E-state index in [0.717, 1.165) is 42.4 Å². The number of carbonyl (C=O) groups excluding carboxylic acids is 1. The second-order valence-electron chi connectivity index (χ2n) is 6.24. The van der Waals surface area contributed by atoms with E-state index >= 15 is 0 Å². The van der Waals surface area contributed by atoms with Crippen molar-refractivity contribution in [1.82, 2.24) is 19.7 Å². The number of hydrogen-bond acceptors (Lipinski definition) is 4. The van der Waals surface area contributed by atoms with E-state index in [-0.39, 0.29) is 5.91 Å². The Balaban J connectivity index is 1.38. The van der Waals surface area contributed by atoms with E-state index in [2.05, 4.69) is 14.8 Å². The van der Waals surface area contributed by atoms with Crippen LogP contribution in [-0.4, -0.2) is 38.7 Å². The fraction of sp³-hybridized carbons (Fsp3) is 0.471. The molecule has 0 bridgehead atoms. The number of rotatable bonds is 5. The highest BCUT2D eigenvalue weighted by atomic mass is 32.2. The Bertz CT molecular complexity index is 687. The molecule has 1 saturated carbocycles. The van der Waals surface area contributed by atoms with Crippen molar-refractivity contribution in [2.75, 3.05) is 13.1 Å². The molecule has 5 nitrogen and oxygen atoms in total. The van der Waals surface area contributed by atoms with Gasteiger partial charge in [-0.05, 0) is 43.4 Å². The summed E-state index contributed by atoms with van der Waals surface area (Å²) in [6.07, 6.45) is 6.56. The van der Waals surface area contributed by atoms with Crippen LogP contribution in [0.2, 0.25) is 0 Å². The summed E-state index contributed by atoms with van der Waals surface area (Å²) >= 11 is 1.71. The zero-order valence-electron chi connectivity index (χ0n) is 13.0. The van der Waals surface area contributed by atoms with Crippen LogP contribution in [0.25, 0.3) is 0 Å². The molecule has 2 aromatic rings. The Hall–Kier alpha value is -1.82. The monoisotopic (exact) mass is 328 g/mol. The molecule has 2 aliphatic rings. The van der Waals surface area contributed by atoms with Gasteiger partial charge in [0.05, 0.1) is 0 Å². The third-order valence-electron chi connectivity index (χ3n) is 4.44. The van der Waals surface area contributed by atoms with Crippen molar-refractivity contribution in [3.63, 3.8) is 0 Å². The van der Waals surface area contributed by atoms with Gasteiger partial charge in [-0.25, -0.2) is 0 Å². The molecule has 1 aromatic carbocycles. The second kappa shape index (κ2) is 6.35. The van der Waals surface area contributed by atoms with Gasteiger partial charge in [-0.3, -0.25) is 4.79 Å².